The van der Waals surface area contributed by atoms with Crippen LogP contribution >= 0.6 is 0 Å². The Kier molecular flexibility index (Phi) is 3.62. The summed E-state index contributed by atoms with van der Waals surface area (Å²) in [6.07, 6.45) is 8.25. The molecule has 0 aliphatic heterocycles. The lowest BCUT2D eigenvalue weighted by Crippen LogP contribution is -2.29. The molecular formula is C13H23N2O+. The monoisotopic (exact) mass is 223 g/mol. The molecule has 90 valence electrons. The van der Waals surface area contributed by atoms with E-state index in [4.69, 9.17) is 4.42 Å². The molecule has 1 aromatic rings. The van der Waals surface area contributed by atoms with Gasteiger partial charge in [0.1, 0.15) is 0 Å². The summed E-state index contributed by atoms with van der Waals surface area (Å²) in [5.74, 6) is 3.26. The Morgan fingerprint density at radius 1 is 1.38 bits per heavy atom. The van der Waals surface area contributed by atoms with E-state index in [9.17, 15) is 0 Å². The minimum absolute atomic E-state index is 0.560. The Labute approximate surface area is 97.9 Å². The molecule has 1 aromatic heterocycles. The van der Waals surface area contributed by atoms with Crippen LogP contribution in [0.3, 0.4) is 0 Å². The highest BCUT2D eigenvalue weighted by atomic mass is 16.4. The first-order valence-corrected chi connectivity index (χ1v) is 6.46. The van der Waals surface area contributed by atoms with Crippen LogP contribution in [-0.4, -0.2) is 5.10 Å². The van der Waals surface area contributed by atoms with Gasteiger partial charge in [0.25, 0.3) is 5.89 Å². The largest absolute Gasteiger partial charge is 0.388 e. The van der Waals surface area contributed by atoms with Gasteiger partial charge in [-0.1, -0.05) is 18.5 Å². The Hall–Kier alpha value is -0.860. The van der Waals surface area contributed by atoms with Crippen LogP contribution in [0.15, 0.2) is 10.8 Å². The van der Waals surface area contributed by atoms with Gasteiger partial charge in [0.2, 0.25) is 0 Å². The van der Waals surface area contributed by atoms with Gasteiger partial charge in [-0.05, 0) is 43.9 Å². The van der Waals surface area contributed by atoms with Gasteiger partial charge in [-0.2, -0.15) is 0 Å². The average Bonchev–Trinajstić information content (AvgIpc) is 2.65. The summed E-state index contributed by atoms with van der Waals surface area (Å²) in [6.45, 7) is 4.64. The molecular weight excluding hydrogens is 200 g/mol. The Morgan fingerprint density at radius 2 is 2.06 bits per heavy atom. The van der Waals surface area contributed by atoms with Gasteiger partial charge < -0.3 is 4.42 Å². The van der Waals surface area contributed by atoms with Crippen LogP contribution in [0, 0.1) is 11.8 Å². The lowest BCUT2D eigenvalue weighted by Gasteiger charge is -2.27. The van der Waals surface area contributed by atoms with E-state index >= 15 is 0 Å². The molecule has 0 unspecified atom stereocenters. The molecule has 3 nitrogen and oxygen atoms in total. The van der Waals surface area contributed by atoms with Crippen molar-refractivity contribution in [3.63, 3.8) is 0 Å². The lowest BCUT2D eigenvalue weighted by molar-refractivity contribution is -0.731. The third kappa shape index (κ3) is 2.83. The molecule has 1 saturated carbocycles. The second-order valence-electron chi connectivity index (χ2n) is 5.58. The third-order valence-corrected chi connectivity index (χ3v) is 3.58. The Balaban J connectivity index is 1.85. The van der Waals surface area contributed by atoms with E-state index in [1.165, 1.54) is 32.1 Å². The number of aryl methyl sites for hydroxylation is 1. The van der Waals surface area contributed by atoms with Gasteiger partial charge in [-0.25, -0.2) is 0 Å². The average molecular weight is 223 g/mol. The zero-order valence-corrected chi connectivity index (χ0v) is 10.6. The van der Waals surface area contributed by atoms with Crippen molar-refractivity contribution >= 4 is 0 Å². The molecule has 3 heteroatoms. The van der Waals surface area contributed by atoms with Crippen molar-refractivity contribution in [1.29, 1.82) is 0 Å². The van der Waals surface area contributed by atoms with E-state index in [2.05, 4.69) is 18.9 Å². The maximum absolute atomic E-state index is 5.47. The van der Waals surface area contributed by atoms with Gasteiger partial charge >= 0.3 is 6.39 Å². The number of aromatic nitrogens is 2. The van der Waals surface area contributed by atoms with Gasteiger partial charge in [-0.3, -0.25) is 0 Å². The standard InChI is InChI=1S/C13H23N2O/c1-10(2)8-11-4-6-12(7-5-11)13-14-15(3)9-16-13/h9-12H,4-8H2,1-3H3/q+1. The second kappa shape index (κ2) is 4.98. The van der Waals surface area contributed by atoms with Crippen LogP contribution in [0.25, 0.3) is 0 Å². The van der Waals surface area contributed by atoms with Crippen molar-refractivity contribution in [3.8, 4) is 0 Å². The molecule has 1 aliphatic rings. The van der Waals surface area contributed by atoms with Crippen molar-refractivity contribution < 1.29 is 9.10 Å². The SMILES string of the molecule is CC(C)CC1CCC(c2n[n+](C)co2)CC1. The van der Waals surface area contributed by atoms with Gasteiger partial charge in [0, 0.05) is 11.0 Å². The predicted molar refractivity (Wildman–Crippen MR) is 61.8 cm³/mol. The maximum atomic E-state index is 5.47. The van der Waals surface area contributed by atoms with E-state index in [0.29, 0.717) is 5.92 Å². The van der Waals surface area contributed by atoms with Gasteiger partial charge in [-0.15, -0.1) is 0 Å². The third-order valence-electron chi connectivity index (χ3n) is 3.58. The summed E-state index contributed by atoms with van der Waals surface area (Å²) in [5, 5.41) is 4.37. The smallest absolute Gasteiger partial charge is 0.361 e. The van der Waals surface area contributed by atoms with Gasteiger partial charge in [0.15, 0.2) is 7.05 Å². The summed E-state index contributed by atoms with van der Waals surface area (Å²) in [7, 11) is 1.91. The van der Waals surface area contributed by atoms with Crippen LogP contribution in [-0.2, 0) is 7.05 Å². The molecule has 1 fully saturated rings. The fourth-order valence-electron chi connectivity index (χ4n) is 2.82. The molecule has 0 amide bonds. The van der Waals surface area contributed by atoms with Crippen LogP contribution in [0.1, 0.15) is 57.8 Å². The van der Waals surface area contributed by atoms with Crippen LogP contribution in [0.5, 0.6) is 0 Å². The van der Waals surface area contributed by atoms with E-state index < -0.39 is 0 Å². The van der Waals surface area contributed by atoms with Crippen molar-refractivity contribution in [1.82, 2.24) is 5.10 Å². The van der Waals surface area contributed by atoms with Gasteiger partial charge in [0.05, 0.1) is 0 Å². The fraction of sp³-hybridized carbons (Fsp3) is 0.846. The van der Waals surface area contributed by atoms with E-state index in [0.717, 1.165) is 17.7 Å². The first-order valence-electron chi connectivity index (χ1n) is 6.46. The Morgan fingerprint density at radius 3 is 2.56 bits per heavy atom. The molecule has 16 heavy (non-hydrogen) atoms. The van der Waals surface area contributed by atoms with E-state index in [1.807, 2.05) is 7.05 Å². The molecule has 0 N–H and O–H groups in total. The summed E-state index contributed by atoms with van der Waals surface area (Å²) >= 11 is 0. The van der Waals surface area contributed by atoms with Crippen molar-refractivity contribution in [2.45, 2.75) is 51.9 Å². The lowest BCUT2D eigenvalue weighted by atomic mass is 9.78. The summed E-state index contributed by atoms with van der Waals surface area (Å²) in [6, 6.07) is 0. The quantitative estimate of drug-likeness (QED) is 0.737. The molecule has 0 saturated heterocycles. The fourth-order valence-corrected chi connectivity index (χ4v) is 2.82. The van der Waals surface area contributed by atoms with E-state index in [-0.39, 0.29) is 0 Å². The normalized spacial score (nSPS) is 26.2. The van der Waals surface area contributed by atoms with E-state index in [1.54, 1.807) is 11.1 Å². The predicted octanol–water partition coefficient (Wildman–Crippen LogP) is 2.82. The Bertz CT molecular complexity index is 324. The number of nitrogens with zero attached hydrogens (tertiary/aromatic N) is 2. The summed E-state index contributed by atoms with van der Waals surface area (Å²) in [4.78, 5) is 0. The first kappa shape index (κ1) is 11.6. The molecule has 2 rings (SSSR count). The molecule has 0 atom stereocenters. The minimum atomic E-state index is 0.560. The second-order valence-corrected chi connectivity index (χ2v) is 5.58. The minimum Gasteiger partial charge on any atom is -0.388 e. The number of hydrogen-bond donors (Lipinski definition) is 0. The molecule has 0 radical (unpaired) electrons. The van der Waals surface area contributed by atoms with Crippen LogP contribution in [0.2, 0.25) is 0 Å². The van der Waals surface area contributed by atoms with Crippen molar-refractivity contribution in [2.75, 3.05) is 0 Å². The number of hydrogen-bond acceptors (Lipinski definition) is 2. The highest BCUT2D eigenvalue weighted by molar-refractivity contribution is 4.90. The van der Waals surface area contributed by atoms with Crippen molar-refractivity contribution in [3.05, 3.63) is 12.3 Å². The highest BCUT2D eigenvalue weighted by Crippen LogP contribution is 2.37. The molecule has 1 heterocycles. The molecule has 0 spiro atoms. The maximum Gasteiger partial charge on any atom is 0.361 e. The molecule has 1 aliphatic carbocycles. The summed E-state index contributed by atoms with van der Waals surface area (Å²) in [5.41, 5.74) is 0. The molecule has 0 aromatic carbocycles. The summed E-state index contributed by atoms with van der Waals surface area (Å²) < 4.78 is 7.23. The van der Waals surface area contributed by atoms with Crippen LogP contribution in [0.4, 0.5) is 0 Å². The zero-order valence-electron chi connectivity index (χ0n) is 10.6. The first-order chi connectivity index (χ1) is 7.65. The highest BCUT2D eigenvalue weighted by Gasteiger charge is 2.27. The topological polar surface area (TPSA) is 29.9 Å². The zero-order chi connectivity index (χ0) is 11.5. The number of rotatable bonds is 3. The van der Waals surface area contributed by atoms with Crippen LogP contribution < -0.4 is 4.68 Å². The van der Waals surface area contributed by atoms with Crippen molar-refractivity contribution in [2.24, 2.45) is 18.9 Å². The molecule has 0 bridgehead atoms.